The molecule has 0 N–H and O–H groups in total. The number of rotatable bonds is 3. The van der Waals surface area contributed by atoms with E-state index in [-0.39, 0.29) is 5.41 Å². The van der Waals surface area contributed by atoms with Gasteiger partial charge < -0.3 is 14.5 Å². The summed E-state index contributed by atoms with van der Waals surface area (Å²) in [6.45, 7) is 6.74. The molecule has 0 saturated carbocycles. The van der Waals surface area contributed by atoms with Gasteiger partial charge in [0, 0.05) is 31.9 Å². The smallest absolute Gasteiger partial charge is 0.233 e. The number of benzene rings is 1. The lowest BCUT2D eigenvalue weighted by Crippen LogP contribution is -2.59. The number of hydrogen-bond acceptors (Lipinski definition) is 3. The van der Waals surface area contributed by atoms with Crippen LogP contribution in [0, 0.1) is 5.41 Å². The first kappa shape index (κ1) is 13.4. The normalized spacial score (nSPS) is 21.4. The lowest BCUT2D eigenvalue weighted by atomic mass is 9.81. The van der Waals surface area contributed by atoms with Crippen molar-refractivity contribution in [2.45, 2.75) is 13.3 Å². The summed E-state index contributed by atoms with van der Waals surface area (Å²) in [6.07, 6.45) is 0.880. The van der Waals surface area contributed by atoms with Crippen LogP contribution < -0.4 is 4.90 Å². The Morgan fingerprint density at radius 3 is 2.30 bits per heavy atom. The number of para-hydroxylation sites is 1. The van der Waals surface area contributed by atoms with Gasteiger partial charge in [-0.15, -0.1) is 0 Å². The summed E-state index contributed by atoms with van der Waals surface area (Å²) in [5.74, 6) is 0.291. The van der Waals surface area contributed by atoms with Gasteiger partial charge in [0.2, 0.25) is 5.91 Å². The van der Waals surface area contributed by atoms with Gasteiger partial charge in [0.1, 0.15) is 0 Å². The van der Waals surface area contributed by atoms with Crippen molar-refractivity contribution in [2.75, 3.05) is 44.3 Å². The number of amides is 1. The van der Waals surface area contributed by atoms with Crippen molar-refractivity contribution in [1.29, 1.82) is 0 Å². The SMILES string of the molecule is CCC1(C(=O)N2CCN(c3ccccc3)CC2)COC1. The Kier molecular flexibility index (Phi) is 3.66. The van der Waals surface area contributed by atoms with E-state index in [1.54, 1.807) is 0 Å². The van der Waals surface area contributed by atoms with Crippen molar-refractivity contribution in [3.05, 3.63) is 30.3 Å². The third-order valence-electron chi connectivity index (χ3n) is 4.58. The molecule has 1 amide bonds. The third kappa shape index (κ3) is 2.29. The monoisotopic (exact) mass is 274 g/mol. The quantitative estimate of drug-likeness (QED) is 0.842. The summed E-state index contributed by atoms with van der Waals surface area (Å²) < 4.78 is 5.27. The second-order valence-corrected chi connectivity index (χ2v) is 5.74. The fraction of sp³-hybridized carbons (Fsp3) is 0.562. The molecule has 2 heterocycles. The van der Waals surface area contributed by atoms with E-state index in [4.69, 9.17) is 4.74 Å². The molecule has 0 aliphatic carbocycles. The number of nitrogens with zero attached hydrogens (tertiary/aromatic N) is 2. The first-order valence-electron chi connectivity index (χ1n) is 7.42. The zero-order chi connectivity index (χ0) is 14.0. The average molecular weight is 274 g/mol. The van der Waals surface area contributed by atoms with Gasteiger partial charge in [0.05, 0.1) is 18.6 Å². The molecule has 0 atom stereocenters. The van der Waals surface area contributed by atoms with E-state index < -0.39 is 0 Å². The molecular weight excluding hydrogens is 252 g/mol. The molecule has 0 spiro atoms. The van der Waals surface area contributed by atoms with Crippen LogP contribution in [0.1, 0.15) is 13.3 Å². The van der Waals surface area contributed by atoms with Crippen molar-refractivity contribution in [1.82, 2.24) is 4.90 Å². The fourth-order valence-corrected chi connectivity index (χ4v) is 2.97. The van der Waals surface area contributed by atoms with Crippen LogP contribution in [0.15, 0.2) is 30.3 Å². The maximum Gasteiger partial charge on any atom is 0.233 e. The van der Waals surface area contributed by atoms with Gasteiger partial charge in [0.15, 0.2) is 0 Å². The molecule has 0 aromatic heterocycles. The molecule has 2 aliphatic heterocycles. The molecule has 0 radical (unpaired) electrons. The van der Waals surface area contributed by atoms with Crippen LogP contribution in [0.4, 0.5) is 5.69 Å². The number of hydrogen-bond donors (Lipinski definition) is 0. The van der Waals surface area contributed by atoms with Crippen molar-refractivity contribution in [3.8, 4) is 0 Å². The molecule has 108 valence electrons. The highest BCUT2D eigenvalue weighted by molar-refractivity contribution is 5.84. The van der Waals surface area contributed by atoms with Crippen molar-refractivity contribution >= 4 is 11.6 Å². The van der Waals surface area contributed by atoms with Gasteiger partial charge >= 0.3 is 0 Å². The fourth-order valence-electron chi connectivity index (χ4n) is 2.97. The summed E-state index contributed by atoms with van der Waals surface area (Å²) in [4.78, 5) is 17.0. The van der Waals surface area contributed by atoms with Crippen molar-refractivity contribution in [2.24, 2.45) is 5.41 Å². The van der Waals surface area contributed by atoms with E-state index in [1.165, 1.54) is 5.69 Å². The summed E-state index contributed by atoms with van der Waals surface area (Å²) in [7, 11) is 0. The van der Waals surface area contributed by atoms with Gasteiger partial charge in [-0.1, -0.05) is 25.1 Å². The van der Waals surface area contributed by atoms with Gasteiger partial charge in [-0.3, -0.25) is 4.79 Å². The maximum atomic E-state index is 12.6. The summed E-state index contributed by atoms with van der Waals surface area (Å²) in [5, 5.41) is 0. The highest BCUT2D eigenvalue weighted by Gasteiger charge is 2.46. The molecule has 4 heteroatoms. The molecule has 1 aromatic carbocycles. The summed E-state index contributed by atoms with van der Waals surface area (Å²) >= 11 is 0. The van der Waals surface area contributed by atoms with Crippen LogP contribution in [-0.4, -0.2) is 50.2 Å². The zero-order valence-corrected chi connectivity index (χ0v) is 12.0. The van der Waals surface area contributed by atoms with Crippen LogP contribution in [0.25, 0.3) is 0 Å². The predicted octanol–water partition coefficient (Wildman–Crippen LogP) is 1.76. The zero-order valence-electron chi connectivity index (χ0n) is 12.0. The number of anilines is 1. The number of carbonyl (C=O) groups excluding carboxylic acids is 1. The molecule has 3 rings (SSSR count). The molecule has 0 unspecified atom stereocenters. The van der Waals surface area contributed by atoms with E-state index >= 15 is 0 Å². The highest BCUT2D eigenvalue weighted by atomic mass is 16.5. The standard InChI is InChI=1S/C16H22N2O2/c1-2-16(12-20-13-16)15(19)18-10-8-17(9-11-18)14-6-4-3-5-7-14/h3-7H,2,8-13H2,1H3. The lowest BCUT2D eigenvalue weighted by Gasteiger charge is -2.45. The average Bonchev–Trinajstić information content (AvgIpc) is 2.48. The highest BCUT2D eigenvalue weighted by Crippen LogP contribution is 2.33. The maximum absolute atomic E-state index is 12.6. The Balaban J connectivity index is 1.60. The van der Waals surface area contributed by atoms with Gasteiger partial charge in [0.25, 0.3) is 0 Å². The van der Waals surface area contributed by atoms with Gasteiger partial charge in [-0.05, 0) is 18.6 Å². The lowest BCUT2D eigenvalue weighted by molar-refractivity contribution is -0.173. The van der Waals surface area contributed by atoms with Gasteiger partial charge in [-0.2, -0.15) is 0 Å². The van der Waals surface area contributed by atoms with Crippen molar-refractivity contribution in [3.63, 3.8) is 0 Å². The number of piperazine rings is 1. The Hall–Kier alpha value is -1.55. The Labute approximate surface area is 120 Å². The van der Waals surface area contributed by atoms with Crippen LogP contribution in [0.5, 0.6) is 0 Å². The summed E-state index contributed by atoms with van der Waals surface area (Å²) in [6, 6.07) is 10.4. The minimum absolute atomic E-state index is 0.227. The predicted molar refractivity (Wildman–Crippen MR) is 78.8 cm³/mol. The van der Waals surface area contributed by atoms with Crippen LogP contribution in [0.2, 0.25) is 0 Å². The third-order valence-corrected chi connectivity index (χ3v) is 4.58. The number of carbonyl (C=O) groups is 1. The Morgan fingerprint density at radius 2 is 1.80 bits per heavy atom. The van der Waals surface area contributed by atoms with Gasteiger partial charge in [-0.25, -0.2) is 0 Å². The first-order chi connectivity index (χ1) is 9.75. The molecule has 2 aliphatic rings. The molecule has 4 nitrogen and oxygen atoms in total. The molecule has 2 saturated heterocycles. The second-order valence-electron chi connectivity index (χ2n) is 5.74. The first-order valence-corrected chi connectivity index (χ1v) is 7.42. The Morgan fingerprint density at radius 1 is 1.15 bits per heavy atom. The Bertz CT molecular complexity index is 457. The molecule has 2 fully saturated rings. The van der Waals surface area contributed by atoms with E-state index in [9.17, 15) is 4.79 Å². The van der Waals surface area contributed by atoms with E-state index in [0.717, 1.165) is 32.6 Å². The second kappa shape index (κ2) is 5.44. The van der Waals surface area contributed by atoms with Crippen LogP contribution in [-0.2, 0) is 9.53 Å². The van der Waals surface area contributed by atoms with Crippen molar-refractivity contribution < 1.29 is 9.53 Å². The molecule has 1 aromatic rings. The molecule has 0 bridgehead atoms. The number of ether oxygens (including phenoxy) is 1. The van der Waals surface area contributed by atoms with Crippen LogP contribution in [0.3, 0.4) is 0 Å². The van der Waals surface area contributed by atoms with E-state index in [2.05, 4.69) is 36.1 Å². The molecular formula is C16H22N2O2. The molecule has 20 heavy (non-hydrogen) atoms. The van der Waals surface area contributed by atoms with E-state index in [0.29, 0.717) is 19.1 Å². The minimum Gasteiger partial charge on any atom is -0.379 e. The summed E-state index contributed by atoms with van der Waals surface area (Å²) in [5.41, 5.74) is 1.02. The topological polar surface area (TPSA) is 32.8 Å². The largest absolute Gasteiger partial charge is 0.379 e. The van der Waals surface area contributed by atoms with Crippen LogP contribution >= 0.6 is 0 Å². The minimum atomic E-state index is -0.227. The van der Waals surface area contributed by atoms with E-state index in [1.807, 2.05) is 11.0 Å².